The van der Waals surface area contributed by atoms with Crippen LogP contribution in [0.5, 0.6) is 0 Å². The molecular formula is C19H28N4O. The second-order valence-electron chi connectivity index (χ2n) is 7.33. The maximum absolute atomic E-state index is 9.82. The number of piperidine rings is 1. The van der Waals surface area contributed by atoms with Gasteiger partial charge >= 0.3 is 0 Å². The van der Waals surface area contributed by atoms with E-state index in [1.54, 1.807) is 0 Å². The molecule has 0 amide bonds. The Morgan fingerprint density at radius 1 is 1.25 bits per heavy atom. The van der Waals surface area contributed by atoms with Crippen LogP contribution in [0.2, 0.25) is 0 Å². The number of likely N-dealkylation sites (tertiary alicyclic amines) is 1. The predicted octanol–water partition coefficient (Wildman–Crippen LogP) is 1.95. The van der Waals surface area contributed by atoms with Crippen LogP contribution in [0, 0.1) is 0 Å². The van der Waals surface area contributed by atoms with E-state index in [1.165, 1.54) is 11.1 Å². The zero-order chi connectivity index (χ0) is 17.2. The summed E-state index contributed by atoms with van der Waals surface area (Å²) in [6, 6.07) is 8.85. The van der Waals surface area contributed by atoms with Gasteiger partial charge in [-0.05, 0) is 36.3 Å². The molecular weight excluding hydrogens is 300 g/mol. The number of nitrogens with two attached hydrogens (primary N) is 1. The van der Waals surface area contributed by atoms with E-state index in [9.17, 15) is 5.11 Å². The van der Waals surface area contributed by atoms with Crippen molar-refractivity contribution >= 4 is 12.2 Å². The molecule has 130 valence electrons. The number of hydrogen-bond acceptors (Lipinski definition) is 5. The molecule has 0 saturated carbocycles. The van der Waals surface area contributed by atoms with Crippen molar-refractivity contribution in [2.75, 3.05) is 19.6 Å². The highest BCUT2D eigenvalue weighted by Gasteiger charge is 2.38. The van der Waals surface area contributed by atoms with Crippen LogP contribution in [0.3, 0.4) is 0 Å². The average Bonchev–Trinajstić information content (AvgIpc) is 2.58. The average molecular weight is 328 g/mol. The Balaban J connectivity index is 1.81. The first-order chi connectivity index (χ1) is 11.5. The van der Waals surface area contributed by atoms with Crippen LogP contribution in [0.4, 0.5) is 0 Å². The summed E-state index contributed by atoms with van der Waals surface area (Å²) in [5, 5.41) is 9.82. The molecule has 24 heavy (non-hydrogen) atoms. The van der Waals surface area contributed by atoms with Crippen LogP contribution in [0.1, 0.15) is 43.7 Å². The zero-order valence-corrected chi connectivity index (χ0v) is 14.7. The number of aliphatic imine (C=N–C) groups is 2. The Labute approximate surface area is 144 Å². The number of rotatable bonds is 4. The van der Waals surface area contributed by atoms with Gasteiger partial charge in [0, 0.05) is 19.3 Å². The second kappa shape index (κ2) is 7.03. The zero-order valence-electron chi connectivity index (χ0n) is 14.7. The Morgan fingerprint density at radius 2 is 1.92 bits per heavy atom. The van der Waals surface area contributed by atoms with Crippen LogP contribution in [0.25, 0.3) is 0 Å². The molecule has 1 fully saturated rings. The van der Waals surface area contributed by atoms with Gasteiger partial charge in [-0.15, -0.1) is 0 Å². The molecule has 1 aromatic rings. The molecule has 5 nitrogen and oxygen atoms in total. The third-order valence-corrected chi connectivity index (χ3v) is 5.20. The van der Waals surface area contributed by atoms with Crippen molar-refractivity contribution in [1.82, 2.24) is 4.90 Å². The lowest BCUT2D eigenvalue weighted by atomic mass is 9.86. The molecule has 2 heterocycles. The Hall–Kier alpha value is -1.72. The molecule has 1 unspecified atom stereocenters. The number of hydrogen-bond donors (Lipinski definition) is 2. The lowest BCUT2D eigenvalue weighted by Gasteiger charge is -2.44. The van der Waals surface area contributed by atoms with Crippen molar-refractivity contribution in [2.24, 2.45) is 15.7 Å². The number of nitrogens with zero attached hydrogens (tertiary/aromatic N) is 3. The predicted molar refractivity (Wildman–Crippen MR) is 98.8 cm³/mol. The van der Waals surface area contributed by atoms with E-state index in [2.05, 4.69) is 53.0 Å². The minimum Gasteiger partial charge on any atom is -0.393 e. The molecule has 2 aliphatic heterocycles. The number of aliphatic hydroxyl groups is 1. The Kier molecular flexibility index (Phi) is 5.01. The maximum atomic E-state index is 9.82. The van der Waals surface area contributed by atoms with E-state index < -0.39 is 0 Å². The van der Waals surface area contributed by atoms with Gasteiger partial charge in [-0.1, -0.05) is 38.1 Å². The monoisotopic (exact) mass is 328 g/mol. The molecule has 0 aliphatic carbocycles. The second-order valence-corrected chi connectivity index (χ2v) is 7.33. The first kappa shape index (κ1) is 17.1. The summed E-state index contributed by atoms with van der Waals surface area (Å²) in [4.78, 5) is 11.1. The van der Waals surface area contributed by atoms with Crippen molar-refractivity contribution in [3.63, 3.8) is 0 Å². The van der Waals surface area contributed by atoms with Gasteiger partial charge in [0.15, 0.2) is 0 Å². The fourth-order valence-corrected chi connectivity index (χ4v) is 3.57. The summed E-state index contributed by atoms with van der Waals surface area (Å²) in [5.74, 6) is 0.898. The largest absolute Gasteiger partial charge is 0.393 e. The van der Waals surface area contributed by atoms with Gasteiger partial charge in [0.1, 0.15) is 0 Å². The summed E-state index contributed by atoms with van der Waals surface area (Å²) < 4.78 is 0. The number of aliphatic hydroxyl groups excluding tert-OH is 1. The highest BCUT2D eigenvalue weighted by atomic mass is 16.3. The van der Waals surface area contributed by atoms with E-state index in [0.717, 1.165) is 32.4 Å². The molecule has 0 radical (unpaired) electrons. The fourth-order valence-electron chi connectivity index (χ4n) is 3.57. The molecule has 3 rings (SSSR count). The molecule has 0 spiro atoms. The summed E-state index contributed by atoms with van der Waals surface area (Å²) in [7, 11) is 0. The normalized spacial score (nSPS) is 25.9. The van der Waals surface area contributed by atoms with Crippen LogP contribution in [0.15, 0.2) is 34.3 Å². The van der Waals surface area contributed by atoms with Crippen molar-refractivity contribution in [3.05, 3.63) is 35.4 Å². The minimum atomic E-state index is -0.234. The third kappa shape index (κ3) is 3.68. The van der Waals surface area contributed by atoms with Gasteiger partial charge in [0.25, 0.3) is 0 Å². The molecule has 3 N–H and O–H groups in total. The van der Waals surface area contributed by atoms with E-state index in [0.29, 0.717) is 18.4 Å². The van der Waals surface area contributed by atoms with Crippen molar-refractivity contribution < 1.29 is 5.11 Å². The molecule has 5 heteroatoms. The highest BCUT2D eigenvalue weighted by Crippen LogP contribution is 2.27. The van der Waals surface area contributed by atoms with Gasteiger partial charge in [-0.2, -0.15) is 0 Å². The minimum absolute atomic E-state index is 0.183. The van der Waals surface area contributed by atoms with Crippen LogP contribution in [-0.4, -0.2) is 53.5 Å². The first-order valence-electron chi connectivity index (χ1n) is 8.86. The van der Waals surface area contributed by atoms with Gasteiger partial charge < -0.3 is 10.8 Å². The van der Waals surface area contributed by atoms with Gasteiger partial charge in [0.2, 0.25) is 5.96 Å². The number of guanidine groups is 1. The highest BCUT2D eigenvalue weighted by molar-refractivity contribution is 5.92. The molecule has 0 aromatic heterocycles. The molecule has 1 saturated heterocycles. The lowest BCUT2D eigenvalue weighted by molar-refractivity contribution is 0.0464. The SMILES string of the molecule is CC(C)c1ccc(CC2(N3CCC(O)CC3)C=NC(N)=NC2)cc1. The van der Waals surface area contributed by atoms with Crippen molar-refractivity contribution in [2.45, 2.75) is 50.7 Å². The van der Waals surface area contributed by atoms with Gasteiger partial charge in [0.05, 0.1) is 18.2 Å². The molecule has 1 aromatic carbocycles. The Bertz CT molecular complexity index is 615. The third-order valence-electron chi connectivity index (χ3n) is 5.20. The topological polar surface area (TPSA) is 74.2 Å². The van der Waals surface area contributed by atoms with E-state index in [-0.39, 0.29) is 11.6 Å². The van der Waals surface area contributed by atoms with Gasteiger partial charge in [-0.3, -0.25) is 4.90 Å². The van der Waals surface area contributed by atoms with E-state index >= 15 is 0 Å². The summed E-state index contributed by atoms with van der Waals surface area (Å²) in [6.45, 7) is 6.78. The fraction of sp³-hybridized carbons (Fsp3) is 0.579. The van der Waals surface area contributed by atoms with Gasteiger partial charge in [-0.25, -0.2) is 9.98 Å². The van der Waals surface area contributed by atoms with E-state index in [4.69, 9.17) is 5.73 Å². The lowest BCUT2D eigenvalue weighted by Crippen LogP contribution is -2.58. The summed E-state index contributed by atoms with van der Waals surface area (Å²) in [6.07, 6.45) is 4.27. The van der Waals surface area contributed by atoms with Crippen LogP contribution in [-0.2, 0) is 6.42 Å². The maximum Gasteiger partial charge on any atom is 0.215 e. The quantitative estimate of drug-likeness (QED) is 0.887. The van der Waals surface area contributed by atoms with E-state index in [1.807, 2.05) is 6.21 Å². The van der Waals surface area contributed by atoms with Crippen molar-refractivity contribution in [3.8, 4) is 0 Å². The summed E-state index contributed by atoms with van der Waals surface area (Å²) in [5.41, 5.74) is 8.15. The molecule has 0 bridgehead atoms. The number of benzene rings is 1. The van der Waals surface area contributed by atoms with Crippen molar-refractivity contribution in [1.29, 1.82) is 0 Å². The standard InChI is InChI=1S/C19H28N4O/c1-14(2)16-5-3-15(4-6-16)11-19(12-21-18(20)22-13-19)23-9-7-17(24)8-10-23/h3-6,12,14,17,24H,7-11,13H2,1-2H3,(H2,20,22). The first-order valence-corrected chi connectivity index (χ1v) is 8.86. The summed E-state index contributed by atoms with van der Waals surface area (Å²) >= 11 is 0. The Morgan fingerprint density at radius 3 is 2.46 bits per heavy atom. The molecule has 2 aliphatic rings. The van der Waals surface area contributed by atoms with Crippen LogP contribution < -0.4 is 5.73 Å². The van der Waals surface area contributed by atoms with Crippen LogP contribution >= 0.6 is 0 Å². The smallest absolute Gasteiger partial charge is 0.215 e. The molecule has 1 atom stereocenters.